The second kappa shape index (κ2) is 10.6. The quantitative estimate of drug-likeness (QED) is 0.525. The molecule has 0 aliphatic carbocycles. The summed E-state index contributed by atoms with van der Waals surface area (Å²) in [6.45, 7) is 0.293. The van der Waals surface area contributed by atoms with E-state index >= 15 is 0 Å². The number of hydrogen-bond acceptors (Lipinski definition) is 5. The van der Waals surface area contributed by atoms with E-state index in [1.165, 1.54) is 18.3 Å². The van der Waals surface area contributed by atoms with Gasteiger partial charge in [-0.3, -0.25) is 9.79 Å². The Bertz CT molecular complexity index is 940. The zero-order valence-electron chi connectivity index (χ0n) is 16.4. The van der Waals surface area contributed by atoms with Crippen LogP contribution in [0.4, 0.5) is 13.2 Å². The van der Waals surface area contributed by atoms with E-state index < -0.39 is 23.7 Å². The third-order valence-corrected chi connectivity index (χ3v) is 5.61. The molecule has 2 rings (SSSR count). The monoisotopic (exact) mass is 458 g/mol. The van der Waals surface area contributed by atoms with Gasteiger partial charge in [-0.1, -0.05) is 29.8 Å². The number of rotatable bonds is 8. The van der Waals surface area contributed by atoms with E-state index in [1.807, 2.05) is 0 Å². The van der Waals surface area contributed by atoms with Crippen molar-refractivity contribution >= 4 is 34.6 Å². The molecule has 1 atom stereocenters. The molecular weight excluding hydrogens is 437 g/mol. The summed E-state index contributed by atoms with van der Waals surface area (Å²) in [4.78, 5) is 17.2. The molecule has 5 nitrogen and oxygen atoms in total. The van der Waals surface area contributed by atoms with Gasteiger partial charge < -0.3 is 16.4 Å². The molecule has 0 saturated heterocycles. The number of benzene rings is 1. The van der Waals surface area contributed by atoms with Crippen LogP contribution in [0.3, 0.4) is 0 Å². The first-order chi connectivity index (χ1) is 14.2. The minimum atomic E-state index is -4.46. The fourth-order valence-electron chi connectivity index (χ4n) is 2.95. The Morgan fingerprint density at radius 2 is 2.07 bits per heavy atom. The van der Waals surface area contributed by atoms with Crippen molar-refractivity contribution < 1.29 is 18.0 Å². The lowest BCUT2D eigenvalue weighted by molar-refractivity contribution is -0.138. The zero-order valence-corrected chi connectivity index (χ0v) is 18.0. The molecule has 0 saturated carbocycles. The molecule has 4 N–H and O–H groups in total. The molecule has 0 aliphatic rings. The Kier molecular flexibility index (Phi) is 8.45. The molecule has 2 aromatic rings. The average molecular weight is 459 g/mol. The van der Waals surface area contributed by atoms with Crippen LogP contribution in [0.1, 0.15) is 26.4 Å². The molecular formula is C20H22ClF3N4OS. The average Bonchev–Trinajstić information content (AvgIpc) is 3.07. The number of nitrogens with zero attached hydrogens (tertiary/aromatic N) is 1. The van der Waals surface area contributed by atoms with E-state index in [0.29, 0.717) is 27.0 Å². The van der Waals surface area contributed by atoms with Crippen LogP contribution in [0.2, 0.25) is 4.34 Å². The first-order valence-corrected chi connectivity index (χ1v) is 10.2. The predicted octanol–water partition coefficient (Wildman–Crippen LogP) is 3.87. The summed E-state index contributed by atoms with van der Waals surface area (Å²) in [5, 5.41) is 5.69. The molecule has 0 spiro atoms. The van der Waals surface area contributed by atoms with Crippen LogP contribution in [-0.4, -0.2) is 38.3 Å². The first-order valence-electron chi connectivity index (χ1n) is 8.96. The summed E-state index contributed by atoms with van der Waals surface area (Å²) in [6, 6.07) is 6.38. The van der Waals surface area contributed by atoms with E-state index in [4.69, 9.17) is 17.3 Å². The van der Waals surface area contributed by atoms with E-state index in [-0.39, 0.29) is 12.0 Å². The Morgan fingerprint density at radius 1 is 1.37 bits per heavy atom. The van der Waals surface area contributed by atoms with Gasteiger partial charge in [0.25, 0.3) is 5.91 Å². The fraction of sp³-hybridized carbons (Fsp3) is 0.300. The molecule has 0 radical (unpaired) electrons. The molecule has 30 heavy (non-hydrogen) atoms. The van der Waals surface area contributed by atoms with E-state index in [2.05, 4.69) is 15.6 Å². The van der Waals surface area contributed by atoms with Crippen molar-refractivity contribution in [3.8, 4) is 0 Å². The highest BCUT2D eigenvalue weighted by molar-refractivity contribution is 7.18. The van der Waals surface area contributed by atoms with Crippen molar-refractivity contribution in [2.75, 3.05) is 20.6 Å². The van der Waals surface area contributed by atoms with Gasteiger partial charge in [0.05, 0.1) is 16.2 Å². The molecule has 162 valence electrons. The van der Waals surface area contributed by atoms with Crippen LogP contribution in [0.5, 0.6) is 0 Å². The highest BCUT2D eigenvalue weighted by Gasteiger charge is 2.33. The van der Waals surface area contributed by atoms with Crippen molar-refractivity contribution in [3.05, 3.63) is 68.5 Å². The van der Waals surface area contributed by atoms with Crippen molar-refractivity contribution in [1.82, 2.24) is 10.6 Å². The van der Waals surface area contributed by atoms with Crippen LogP contribution in [0, 0.1) is 0 Å². The van der Waals surface area contributed by atoms with Crippen molar-refractivity contribution in [3.63, 3.8) is 0 Å². The smallest absolute Gasteiger partial charge is 0.405 e. The molecule has 1 heterocycles. The van der Waals surface area contributed by atoms with Gasteiger partial charge in [-0.05, 0) is 43.4 Å². The molecule has 0 bridgehead atoms. The number of thiophene rings is 1. The second-order valence-electron chi connectivity index (χ2n) is 6.35. The van der Waals surface area contributed by atoms with Crippen LogP contribution in [0.25, 0.3) is 0 Å². The van der Waals surface area contributed by atoms with Crippen molar-refractivity contribution in [1.29, 1.82) is 0 Å². The standard InChI is InChI=1S/C20H22ClF3N4OS/c1-26-11-13(9-12-5-3-4-6-15(12)20(22,23)24)28-19(29)17-10-14(18(21)30-17)16(27-2)7-8-25/h3-8,10,13,26H,9,11,25H2,1-2H3,(H,28,29)/t13-/m0/s1. The number of likely N-dealkylation sites (N-methyl/N-ethyl adjacent to an activating group) is 1. The number of alkyl halides is 3. The summed E-state index contributed by atoms with van der Waals surface area (Å²) in [5.74, 6) is -0.426. The third kappa shape index (κ3) is 6.07. The summed E-state index contributed by atoms with van der Waals surface area (Å²) in [6.07, 6.45) is -1.57. The summed E-state index contributed by atoms with van der Waals surface area (Å²) < 4.78 is 40.2. The summed E-state index contributed by atoms with van der Waals surface area (Å²) >= 11 is 7.31. The van der Waals surface area contributed by atoms with E-state index in [9.17, 15) is 18.0 Å². The SMILES string of the molecule is CN=C(C=CN)c1cc(C(=O)N[C@H](CNC)Cc2ccccc2C(F)(F)F)sc1Cl. The largest absolute Gasteiger partial charge is 0.416 e. The molecule has 10 heteroatoms. The van der Waals surface area contributed by atoms with Gasteiger partial charge >= 0.3 is 6.18 Å². The van der Waals surface area contributed by atoms with Gasteiger partial charge in [0, 0.05) is 25.2 Å². The Hall–Kier alpha value is -2.36. The van der Waals surface area contributed by atoms with Crippen molar-refractivity contribution in [2.24, 2.45) is 10.7 Å². The van der Waals surface area contributed by atoms with Crippen molar-refractivity contribution in [2.45, 2.75) is 18.6 Å². The molecule has 1 aromatic carbocycles. The minimum Gasteiger partial charge on any atom is -0.405 e. The minimum absolute atomic E-state index is 0.0197. The molecule has 0 aliphatic heterocycles. The Labute approximate surface area is 181 Å². The third-order valence-electron chi connectivity index (χ3n) is 4.26. The van der Waals surface area contributed by atoms with Crippen LogP contribution in [0.15, 0.2) is 47.6 Å². The topological polar surface area (TPSA) is 79.5 Å². The number of carbonyl (C=O) groups excluding carboxylic acids is 1. The predicted molar refractivity (Wildman–Crippen MR) is 115 cm³/mol. The number of carbonyl (C=O) groups is 1. The highest BCUT2D eigenvalue weighted by Crippen LogP contribution is 2.32. The fourth-order valence-corrected chi connectivity index (χ4v) is 4.14. The lowest BCUT2D eigenvalue weighted by atomic mass is 9.99. The van der Waals surface area contributed by atoms with Crippen LogP contribution in [-0.2, 0) is 12.6 Å². The van der Waals surface area contributed by atoms with Crippen LogP contribution >= 0.6 is 22.9 Å². The van der Waals surface area contributed by atoms with Gasteiger partial charge in [0.15, 0.2) is 0 Å². The lowest BCUT2D eigenvalue weighted by Gasteiger charge is -2.20. The zero-order chi connectivity index (χ0) is 22.3. The van der Waals surface area contributed by atoms with Gasteiger partial charge in [0.1, 0.15) is 4.34 Å². The van der Waals surface area contributed by atoms with Gasteiger partial charge in [-0.25, -0.2) is 0 Å². The number of aliphatic imine (C=N–C) groups is 1. The second-order valence-corrected chi connectivity index (χ2v) is 8.01. The number of amides is 1. The van der Waals surface area contributed by atoms with Gasteiger partial charge in [-0.15, -0.1) is 11.3 Å². The maximum absolute atomic E-state index is 13.3. The highest BCUT2D eigenvalue weighted by atomic mass is 35.5. The maximum Gasteiger partial charge on any atom is 0.416 e. The first kappa shape index (κ1) is 23.9. The number of nitrogens with two attached hydrogens (primary N) is 1. The number of nitrogens with one attached hydrogen (secondary N) is 2. The molecule has 0 unspecified atom stereocenters. The maximum atomic E-state index is 13.3. The van der Waals surface area contributed by atoms with Gasteiger partial charge in [0.2, 0.25) is 0 Å². The van der Waals surface area contributed by atoms with Crippen LogP contribution < -0.4 is 16.4 Å². The molecule has 0 fully saturated rings. The van der Waals surface area contributed by atoms with E-state index in [0.717, 1.165) is 17.4 Å². The lowest BCUT2D eigenvalue weighted by Crippen LogP contribution is -2.42. The normalized spacial score (nSPS) is 13.6. The summed E-state index contributed by atoms with van der Waals surface area (Å²) in [7, 11) is 3.24. The summed E-state index contributed by atoms with van der Waals surface area (Å²) in [5.41, 5.74) is 5.89. The Balaban J connectivity index is 2.23. The number of hydrogen-bond donors (Lipinski definition) is 3. The molecule has 1 amide bonds. The van der Waals surface area contributed by atoms with Gasteiger partial charge in [-0.2, -0.15) is 13.2 Å². The number of allylic oxidation sites excluding steroid dienone is 1. The van der Waals surface area contributed by atoms with E-state index in [1.54, 1.807) is 32.3 Å². The molecule has 1 aromatic heterocycles. The Morgan fingerprint density at radius 3 is 2.67 bits per heavy atom. The number of halogens is 4.